The van der Waals surface area contributed by atoms with E-state index in [4.69, 9.17) is 18.9 Å². The summed E-state index contributed by atoms with van der Waals surface area (Å²) in [7, 11) is 0. The van der Waals surface area contributed by atoms with E-state index >= 15 is 0 Å². The van der Waals surface area contributed by atoms with Crippen LogP contribution in [0.3, 0.4) is 0 Å². The minimum atomic E-state index is 0.771. The van der Waals surface area contributed by atoms with E-state index in [1.54, 1.807) is 0 Å². The Bertz CT molecular complexity index is 1440. The first-order valence-corrected chi connectivity index (χ1v) is 18.3. The van der Waals surface area contributed by atoms with Gasteiger partial charge in [-0.3, -0.25) is 0 Å². The Hall–Kier alpha value is -4.34. The number of ether oxygens (including phenoxy) is 4. The molecule has 8 heteroatoms. The van der Waals surface area contributed by atoms with Crippen molar-refractivity contribution < 1.29 is 18.9 Å². The fourth-order valence-corrected chi connectivity index (χ4v) is 7.55. The summed E-state index contributed by atoms with van der Waals surface area (Å²) in [5.41, 5.74) is 12.2. The Balaban J connectivity index is 1.25. The molecule has 0 saturated carbocycles. The van der Waals surface area contributed by atoms with E-state index in [1.165, 1.54) is 56.1 Å². The lowest BCUT2D eigenvalue weighted by Crippen LogP contribution is -2.36. The Labute approximate surface area is 296 Å². The number of morpholine rings is 4. The molecule has 4 heterocycles. The van der Waals surface area contributed by atoms with Crippen molar-refractivity contribution in [3.8, 4) is 0 Å². The summed E-state index contributed by atoms with van der Waals surface area (Å²) in [5.74, 6) is 0. The van der Waals surface area contributed by atoms with Crippen LogP contribution in [0.2, 0.25) is 0 Å². The van der Waals surface area contributed by atoms with Gasteiger partial charge in [0.05, 0.1) is 52.9 Å². The predicted molar refractivity (Wildman–Crippen MR) is 203 cm³/mol. The molecule has 0 atom stereocenters. The van der Waals surface area contributed by atoms with Gasteiger partial charge in [-0.25, -0.2) is 0 Å². The maximum absolute atomic E-state index is 5.64. The molecule has 0 bridgehead atoms. The molecular formula is C42H48N4O4. The number of hydrogen-bond donors (Lipinski definition) is 0. The van der Waals surface area contributed by atoms with E-state index in [0.29, 0.717) is 0 Å². The lowest BCUT2D eigenvalue weighted by Gasteiger charge is -2.30. The van der Waals surface area contributed by atoms with Crippen molar-refractivity contribution in [2.24, 2.45) is 0 Å². The second kappa shape index (κ2) is 15.7. The Morgan fingerprint density at radius 2 is 0.460 bits per heavy atom. The molecule has 4 aliphatic rings. The molecule has 0 radical (unpaired) electrons. The van der Waals surface area contributed by atoms with Crippen molar-refractivity contribution in [2.75, 3.05) is 125 Å². The van der Waals surface area contributed by atoms with Gasteiger partial charge in [0.15, 0.2) is 0 Å². The Kier molecular flexibility index (Phi) is 10.3. The molecule has 4 aliphatic heterocycles. The third-order valence-corrected chi connectivity index (χ3v) is 10.4. The van der Waals surface area contributed by atoms with Gasteiger partial charge in [0.1, 0.15) is 0 Å². The van der Waals surface area contributed by atoms with E-state index in [9.17, 15) is 0 Å². The number of benzene rings is 4. The zero-order valence-electron chi connectivity index (χ0n) is 29.0. The van der Waals surface area contributed by atoms with E-state index in [0.717, 1.165) is 105 Å². The maximum Gasteiger partial charge on any atom is 0.0642 e. The molecule has 4 saturated heterocycles. The van der Waals surface area contributed by atoms with Crippen molar-refractivity contribution in [3.05, 3.63) is 119 Å². The average molecular weight is 673 g/mol. The SMILES string of the molecule is c1cc(N2CCOCC2)ccc1C(=C(c1ccc(N2CCOCC2)cc1)c1ccc(N2CCOCC2)cc1)c1ccc(N2CCOCC2)cc1. The smallest absolute Gasteiger partial charge is 0.0642 e. The number of hydrogen-bond acceptors (Lipinski definition) is 8. The van der Waals surface area contributed by atoms with Gasteiger partial charge in [-0.1, -0.05) is 48.5 Å². The van der Waals surface area contributed by atoms with E-state index in [2.05, 4.69) is 117 Å². The average Bonchev–Trinajstić information content (AvgIpc) is 3.22. The van der Waals surface area contributed by atoms with Crippen LogP contribution in [0, 0.1) is 0 Å². The summed E-state index contributed by atoms with van der Waals surface area (Å²) in [5, 5.41) is 0. The van der Waals surface area contributed by atoms with Crippen LogP contribution >= 0.6 is 0 Å². The molecule has 0 N–H and O–H groups in total. The summed E-state index contributed by atoms with van der Waals surface area (Å²) in [6, 6.07) is 36.7. The molecule has 0 unspecified atom stereocenters. The normalized spacial score (nSPS) is 18.6. The molecule has 0 amide bonds. The van der Waals surface area contributed by atoms with Crippen LogP contribution < -0.4 is 19.6 Å². The third-order valence-electron chi connectivity index (χ3n) is 10.4. The zero-order valence-corrected chi connectivity index (χ0v) is 29.0. The van der Waals surface area contributed by atoms with Crippen LogP contribution in [0.15, 0.2) is 97.1 Å². The quantitative estimate of drug-likeness (QED) is 0.210. The Morgan fingerprint density at radius 1 is 0.280 bits per heavy atom. The second-order valence-corrected chi connectivity index (χ2v) is 13.3. The molecule has 260 valence electrons. The molecule has 8 nitrogen and oxygen atoms in total. The van der Waals surface area contributed by atoms with E-state index < -0.39 is 0 Å². The van der Waals surface area contributed by atoms with Gasteiger partial charge in [-0.2, -0.15) is 0 Å². The highest BCUT2D eigenvalue weighted by Crippen LogP contribution is 2.39. The van der Waals surface area contributed by atoms with Crippen molar-refractivity contribution in [2.45, 2.75) is 0 Å². The highest BCUT2D eigenvalue weighted by atomic mass is 16.5. The van der Waals surface area contributed by atoms with Gasteiger partial charge in [0, 0.05) is 75.1 Å². The summed E-state index contributed by atoms with van der Waals surface area (Å²) < 4.78 is 22.6. The molecule has 4 aromatic rings. The van der Waals surface area contributed by atoms with Gasteiger partial charge in [0.25, 0.3) is 0 Å². The van der Waals surface area contributed by atoms with Crippen molar-refractivity contribution >= 4 is 33.9 Å². The van der Waals surface area contributed by atoms with Gasteiger partial charge in [0.2, 0.25) is 0 Å². The monoisotopic (exact) mass is 672 g/mol. The molecule has 0 spiro atoms. The molecule has 50 heavy (non-hydrogen) atoms. The summed E-state index contributed by atoms with van der Waals surface area (Å²) in [6.45, 7) is 13.5. The van der Waals surface area contributed by atoms with Gasteiger partial charge in [-0.15, -0.1) is 0 Å². The van der Waals surface area contributed by atoms with Crippen LogP contribution in [-0.2, 0) is 18.9 Å². The number of nitrogens with zero attached hydrogens (tertiary/aromatic N) is 4. The van der Waals surface area contributed by atoms with Crippen LogP contribution in [0.1, 0.15) is 22.3 Å². The number of anilines is 4. The van der Waals surface area contributed by atoms with Crippen molar-refractivity contribution in [1.82, 2.24) is 0 Å². The lowest BCUT2D eigenvalue weighted by atomic mass is 9.85. The highest BCUT2D eigenvalue weighted by Gasteiger charge is 2.21. The maximum atomic E-state index is 5.64. The van der Waals surface area contributed by atoms with Crippen LogP contribution in [0.25, 0.3) is 11.1 Å². The first-order chi connectivity index (χ1) is 24.8. The third kappa shape index (κ3) is 7.39. The highest BCUT2D eigenvalue weighted by molar-refractivity contribution is 6.05. The topological polar surface area (TPSA) is 49.9 Å². The molecule has 4 aromatic carbocycles. The molecule has 0 aliphatic carbocycles. The molecular weight excluding hydrogens is 624 g/mol. The predicted octanol–water partition coefficient (Wildman–Crippen LogP) is 6.04. The molecule has 8 rings (SSSR count). The molecule has 0 aromatic heterocycles. The standard InChI is InChI=1S/C42H48N4O4/c1-9-37(43-17-25-47-26-18-43)10-2-33(1)41(34-3-11-38(12-4-34)44-19-27-48-28-20-44)42(35-5-13-39(14-6-35)45-21-29-49-30-22-45)36-7-15-40(16-8-36)46-23-31-50-32-24-46/h1-16H,17-32H2. The number of rotatable bonds is 8. The first kappa shape index (κ1) is 32.8. The van der Waals surface area contributed by atoms with Gasteiger partial charge >= 0.3 is 0 Å². The summed E-state index contributed by atoms with van der Waals surface area (Å²) >= 11 is 0. The summed E-state index contributed by atoms with van der Waals surface area (Å²) in [6.07, 6.45) is 0. The van der Waals surface area contributed by atoms with Gasteiger partial charge < -0.3 is 38.5 Å². The fraction of sp³-hybridized carbons (Fsp3) is 0.381. The van der Waals surface area contributed by atoms with E-state index in [-0.39, 0.29) is 0 Å². The largest absolute Gasteiger partial charge is 0.378 e. The minimum absolute atomic E-state index is 0.771. The van der Waals surface area contributed by atoms with Crippen LogP contribution in [0.5, 0.6) is 0 Å². The second-order valence-electron chi connectivity index (χ2n) is 13.3. The lowest BCUT2D eigenvalue weighted by molar-refractivity contribution is 0.122. The summed E-state index contributed by atoms with van der Waals surface area (Å²) in [4.78, 5) is 9.68. The molecule has 4 fully saturated rings. The van der Waals surface area contributed by atoms with Crippen molar-refractivity contribution in [1.29, 1.82) is 0 Å². The van der Waals surface area contributed by atoms with Crippen LogP contribution in [0.4, 0.5) is 22.7 Å². The van der Waals surface area contributed by atoms with Crippen molar-refractivity contribution in [3.63, 3.8) is 0 Å². The first-order valence-electron chi connectivity index (χ1n) is 18.3. The minimum Gasteiger partial charge on any atom is -0.378 e. The fourth-order valence-electron chi connectivity index (χ4n) is 7.55. The Morgan fingerprint density at radius 3 is 0.640 bits per heavy atom. The van der Waals surface area contributed by atoms with Gasteiger partial charge in [-0.05, 0) is 81.9 Å². The van der Waals surface area contributed by atoms with E-state index in [1.807, 2.05) is 0 Å². The van der Waals surface area contributed by atoms with Crippen LogP contribution in [-0.4, -0.2) is 105 Å². The zero-order chi connectivity index (χ0) is 33.5.